The number of methoxy groups -OCH3 is 3. The third-order valence-corrected chi connectivity index (χ3v) is 21.2. The van der Waals surface area contributed by atoms with Gasteiger partial charge in [-0.05, 0) is 97.6 Å². The molecule has 0 radical (unpaired) electrons. The molecule has 2 aromatic carbocycles. The summed E-state index contributed by atoms with van der Waals surface area (Å²) in [6.07, 6.45) is 4.92. The molecule has 1 unspecified atom stereocenters. The van der Waals surface area contributed by atoms with Crippen molar-refractivity contribution in [1.82, 2.24) is 35.6 Å². The van der Waals surface area contributed by atoms with Gasteiger partial charge in [0.25, 0.3) is 0 Å². The number of primary amides is 1. The van der Waals surface area contributed by atoms with Crippen molar-refractivity contribution in [3.05, 3.63) is 65.7 Å². The summed E-state index contributed by atoms with van der Waals surface area (Å²) in [7, 11) is 7.41. The minimum Gasteiger partial charge on any atom is -0.467 e. The highest BCUT2D eigenvalue weighted by atomic mass is 32.2. The number of carbonyl (C=O) groups is 12. The van der Waals surface area contributed by atoms with Crippen molar-refractivity contribution in [2.45, 2.75) is 233 Å². The SMILES string of the molecule is CCCCCSC1CC(=O)N(CCCCCC(=O)N[C@H](C(=O)C[C@@H](CCCNC(N)=O)C(=O)Nc2ccc(COC(=O)N(C)[C@H](C(=O)C[C@H](C(=O)N(C)[C@@H]([C@@H](C)CC)[C@@H](CC(=O)N3CCC[C@H]3[C@H](OC)[C@@H](C)C(=O)N[C@@H](Cc3ccccc3)C(=O)OC)OC)C(C)C)C(C)C)cc2)C(C)C)C1=O. The number of benzene rings is 2. The third-order valence-electron chi connectivity index (χ3n) is 19.9. The van der Waals surface area contributed by atoms with E-state index in [0.717, 1.165) is 30.6 Å². The lowest BCUT2D eigenvalue weighted by molar-refractivity contribution is -0.150. The van der Waals surface area contributed by atoms with Crippen molar-refractivity contribution in [1.29, 1.82) is 0 Å². The fourth-order valence-electron chi connectivity index (χ4n) is 13.8. The smallest absolute Gasteiger partial charge is 0.410 e. The molecular weight excluding hydrogens is 1330 g/mol. The van der Waals surface area contributed by atoms with Crippen molar-refractivity contribution >= 4 is 88.5 Å². The van der Waals surface area contributed by atoms with Crippen molar-refractivity contribution in [3.63, 3.8) is 0 Å². The number of urea groups is 1. The van der Waals surface area contributed by atoms with E-state index in [1.165, 1.54) is 38.2 Å². The Bertz CT molecular complexity index is 3060. The molecule has 570 valence electrons. The van der Waals surface area contributed by atoms with Gasteiger partial charge in [-0.1, -0.05) is 137 Å². The molecule has 102 heavy (non-hydrogen) atoms. The number of thioether (sulfide) groups is 1. The average Bonchev–Trinajstić information content (AvgIpc) is 1.40. The number of unbranched alkanes of at least 4 members (excludes halogenated alkanes) is 4. The maximum Gasteiger partial charge on any atom is 0.410 e. The van der Waals surface area contributed by atoms with Crippen LogP contribution in [0.1, 0.15) is 183 Å². The summed E-state index contributed by atoms with van der Waals surface area (Å²) in [4.78, 5) is 169. The summed E-state index contributed by atoms with van der Waals surface area (Å²) in [5.41, 5.74) is 7.07. The van der Waals surface area contributed by atoms with E-state index in [0.29, 0.717) is 69.3 Å². The van der Waals surface area contributed by atoms with Crippen LogP contribution in [0.15, 0.2) is 54.6 Å². The topological polar surface area (TPSA) is 329 Å². The molecule has 6 N–H and O–H groups in total. The number of ether oxygens (including phenoxy) is 4. The Morgan fingerprint density at radius 1 is 0.725 bits per heavy atom. The molecule has 0 aromatic heterocycles. The number of anilines is 1. The monoisotopic (exact) mass is 1450 g/mol. The van der Waals surface area contributed by atoms with E-state index in [-0.39, 0.29) is 122 Å². The number of likely N-dealkylation sites (tertiary alicyclic amines) is 2. The molecule has 2 saturated heterocycles. The zero-order valence-electron chi connectivity index (χ0n) is 63.2. The van der Waals surface area contributed by atoms with Crippen LogP contribution in [0.3, 0.4) is 0 Å². The molecular formula is C76H119N9O16S. The van der Waals surface area contributed by atoms with Crippen LogP contribution in [-0.4, -0.2) is 199 Å². The molecule has 2 aliphatic rings. The number of ketones is 2. The van der Waals surface area contributed by atoms with Crippen LogP contribution in [0.25, 0.3) is 0 Å². The number of likely N-dealkylation sites (N-methyl/N-ethyl adjacent to an activating group) is 2. The Labute approximate surface area is 609 Å². The number of amides is 10. The van der Waals surface area contributed by atoms with Gasteiger partial charge in [-0.3, -0.25) is 48.1 Å². The van der Waals surface area contributed by atoms with Crippen LogP contribution >= 0.6 is 11.8 Å². The van der Waals surface area contributed by atoms with Crippen LogP contribution in [0.4, 0.5) is 15.3 Å². The van der Waals surface area contributed by atoms with Gasteiger partial charge in [-0.25, -0.2) is 14.4 Å². The number of esters is 1. The van der Waals surface area contributed by atoms with Gasteiger partial charge in [0.05, 0.1) is 61.1 Å². The highest BCUT2D eigenvalue weighted by molar-refractivity contribution is 8.00. The Morgan fingerprint density at radius 2 is 1.41 bits per heavy atom. The highest BCUT2D eigenvalue weighted by Gasteiger charge is 2.45. The molecule has 0 aliphatic carbocycles. The van der Waals surface area contributed by atoms with Gasteiger partial charge in [-0.2, -0.15) is 0 Å². The minimum atomic E-state index is -0.980. The van der Waals surface area contributed by atoms with E-state index < -0.39 is 96.0 Å². The number of hydrogen-bond acceptors (Lipinski definition) is 17. The molecule has 10 amide bonds. The van der Waals surface area contributed by atoms with Crippen LogP contribution in [0.5, 0.6) is 0 Å². The standard InChI is InChI=1S/C76H119N9O16S/c1-16-18-25-40-102-62-45-65(90)85(73(62)94)38-24-20-23-32-63(88)81-66(48(5)6)59(86)42-54(30-26-37-78-75(77)96)71(92)79-55-35-33-53(34-36-55)46-101-76(97)83(12)67(49(7)8)60(87)43-56(47(3)4)72(93)82(11)68(50(9)17-2)61(98-13)44-64(89)84-39-27-31-58(84)69(99-14)51(10)70(91)80-57(74(95)100-15)41-52-28-21-19-22-29-52/h19,21-22,28-29,33-36,47-51,54,56-58,61-62,66-69H,16-18,20,23-27,30-32,37-46H2,1-15H3,(H,79,92)(H,80,91)(H,81,88)(H3,77,78,96)/t50-,51+,54+,56-,57-,58-,61+,62?,66-,67-,68-,69+/m0/s1. The number of hydrogen-bond donors (Lipinski definition) is 5. The van der Waals surface area contributed by atoms with Gasteiger partial charge in [0.1, 0.15) is 12.6 Å². The zero-order valence-corrected chi connectivity index (χ0v) is 64.0. The molecule has 2 heterocycles. The van der Waals surface area contributed by atoms with Gasteiger partial charge in [-0.15, -0.1) is 11.8 Å². The molecule has 2 aromatic rings. The highest BCUT2D eigenvalue weighted by Crippen LogP contribution is 2.33. The summed E-state index contributed by atoms with van der Waals surface area (Å²) < 4.78 is 22.9. The summed E-state index contributed by atoms with van der Waals surface area (Å²) in [5.74, 6) is -6.20. The first-order valence-corrected chi connectivity index (χ1v) is 37.7. The largest absolute Gasteiger partial charge is 0.467 e. The van der Waals surface area contributed by atoms with Crippen molar-refractivity contribution < 1.29 is 76.5 Å². The molecule has 2 aliphatic heterocycles. The first-order chi connectivity index (χ1) is 48.4. The van der Waals surface area contributed by atoms with Crippen LogP contribution < -0.4 is 27.0 Å². The second-order valence-corrected chi connectivity index (χ2v) is 29.8. The molecule has 25 nitrogen and oxygen atoms in total. The molecule has 12 atom stereocenters. The number of imide groups is 1. The van der Waals surface area contributed by atoms with Crippen molar-refractivity contribution in [2.24, 2.45) is 47.2 Å². The van der Waals surface area contributed by atoms with Crippen molar-refractivity contribution in [2.75, 3.05) is 66.1 Å². The zero-order chi connectivity index (χ0) is 75.9. The number of nitrogens with one attached hydrogen (secondary N) is 4. The van der Waals surface area contributed by atoms with E-state index >= 15 is 0 Å². The maximum atomic E-state index is 14.9. The lowest BCUT2D eigenvalue weighted by Gasteiger charge is -2.41. The maximum absolute atomic E-state index is 14.9. The molecule has 4 rings (SSSR count). The van der Waals surface area contributed by atoms with E-state index in [1.54, 1.807) is 87.5 Å². The number of rotatable bonds is 46. The summed E-state index contributed by atoms with van der Waals surface area (Å²) in [6, 6.07) is 11.2. The fraction of sp³-hybridized carbons (Fsp3) is 0.684. The van der Waals surface area contributed by atoms with Crippen LogP contribution in [-0.2, 0) is 79.9 Å². The predicted octanol–water partition coefficient (Wildman–Crippen LogP) is 9.05. The van der Waals surface area contributed by atoms with Crippen LogP contribution in [0.2, 0.25) is 0 Å². The molecule has 0 spiro atoms. The first kappa shape index (κ1) is 87.0. The average molecular weight is 1450 g/mol. The molecule has 0 saturated carbocycles. The summed E-state index contributed by atoms with van der Waals surface area (Å²) in [6.45, 7) is 19.4. The molecule has 0 bridgehead atoms. The number of nitrogens with zero attached hydrogens (tertiary/aromatic N) is 4. The van der Waals surface area contributed by atoms with Crippen molar-refractivity contribution in [3.8, 4) is 0 Å². The lowest BCUT2D eigenvalue weighted by Crippen LogP contribution is -2.55. The summed E-state index contributed by atoms with van der Waals surface area (Å²) >= 11 is 1.54. The fourth-order valence-corrected chi connectivity index (χ4v) is 15.0. The van der Waals surface area contributed by atoms with Gasteiger partial charge in [0.2, 0.25) is 41.4 Å². The number of carbonyl (C=O) groups excluding carboxylic acids is 12. The number of Topliss-reactive ketones (excluding diaryl/α,β-unsaturated/α-hetero) is 2. The quantitative estimate of drug-likeness (QED) is 0.0234. The Morgan fingerprint density at radius 3 is 2.01 bits per heavy atom. The second kappa shape index (κ2) is 44.3. The van der Waals surface area contributed by atoms with E-state index in [1.807, 2.05) is 58.0 Å². The predicted molar refractivity (Wildman–Crippen MR) is 392 cm³/mol. The first-order valence-electron chi connectivity index (χ1n) is 36.6. The third kappa shape index (κ3) is 26.7. The Kier molecular flexibility index (Phi) is 37.7. The Balaban J connectivity index is 1.36. The molecule has 26 heteroatoms. The van der Waals surface area contributed by atoms with Gasteiger partial charge in [0.15, 0.2) is 11.6 Å². The summed E-state index contributed by atoms with van der Waals surface area (Å²) in [5, 5.41) is 10.8. The number of nitrogens with two attached hydrogens (primary N) is 1. The van der Waals surface area contributed by atoms with Gasteiger partial charge < -0.3 is 60.6 Å². The van der Waals surface area contributed by atoms with Gasteiger partial charge in [0, 0.05) is 97.6 Å². The minimum absolute atomic E-state index is 0.0959. The van der Waals surface area contributed by atoms with Crippen LogP contribution in [0, 0.1) is 41.4 Å². The second-order valence-electron chi connectivity index (χ2n) is 28.5. The van der Waals surface area contributed by atoms with E-state index in [2.05, 4.69) is 28.2 Å². The van der Waals surface area contributed by atoms with E-state index in [4.69, 9.17) is 24.7 Å². The Hall–Kier alpha value is -7.45. The van der Waals surface area contributed by atoms with Gasteiger partial charge >= 0.3 is 18.1 Å². The molecule has 2 fully saturated rings. The normalized spacial score (nSPS) is 17.5. The van der Waals surface area contributed by atoms with E-state index in [9.17, 15) is 57.5 Å². The lowest BCUT2D eigenvalue weighted by atomic mass is 9.83.